The first-order valence-electron chi connectivity index (χ1n) is 10.0. The number of imidazole rings is 1. The summed E-state index contributed by atoms with van der Waals surface area (Å²) in [7, 11) is 0. The van der Waals surface area contributed by atoms with Gasteiger partial charge in [-0.05, 0) is 42.7 Å². The maximum atomic E-state index is 13.4. The minimum Gasteiger partial charge on any atom is -0.325 e. The molecular formula is C23H22ClN3OS. The predicted octanol–water partition coefficient (Wildman–Crippen LogP) is 5.76. The summed E-state index contributed by atoms with van der Waals surface area (Å²) in [6.07, 6.45) is 5.96. The van der Waals surface area contributed by atoms with Crippen molar-refractivity contribution in [3.63, 3.8) is 0 Å². The number of carbonyl (C=O) groups is 1. The Labute approximate surface area is 179 Å². The average molecular weight is 424 g/mol. The molecule has 0 unspecified atom stereocenters. The molecular weight excluding hydrogens is 402 g/mol. The lowest BCUT2D eigenvalue weighted by Gasteiger charge is -2.28. The molecule has 148 valence electrons. The van der Waals surface area contributed by atoms with Crippen LogP contribution in [0.4, 0.5) is 5.69 Å². The minimum atomic E-state index is -0.479. The van der Waals surface area contributed by atoms with Crippen molar-refractivity contribution in [1.29, 1.82) is 0 Å². The first-order valence-corrected chi connectivity index (χ1v) is 11.4. The summed E-state index contributed by atoms with van der Waals surface area (Å²) >= 11 is 7.85. The van der Waals surface area contributed by atoms with Crippen LogP contribution in [-0.2, 0) is 16.8 Å². The van der Waals surface area contributed by atoms with E-state index < -0.39 is 5.41 Å². The summed E-state index contributed by atoms with van der Waals surface area (Å²) in [5.41, 5.74) is 3.37. The van der Waals surface area contributed by atoms with Crippen molar-refractivity contribution in [2.75, 3.05) is 11.1 Å². The van der Waals surface area contributed by atoms with Crippen LogP contribution in [0.3, 0.4) is 0 Å². The second-order valence-electron chi connectivity index (χ2n) is 7.78. The van der Waals surface area contributed by atoms with Crippen LogP contribution in [0.25, 0.3) is 11.3 Å². The van der Waals surface area contributed by atoms with Gasteiger partial charge in [0.1, 0.15) is 0 Å². The molecule has 2 aliphatic rings. The molecule has 0 saturated heterocycles. The van der Waals surface area contributed by atoms with Crippen molar-refractivity contribution in [1.82, 2.24) is 9.55 Å². The molecule has 0 radical (unpaired) electrons. The number of anilines is 1. The van der Waals surface area contributed by atoms with E-state index in [-0.39, 0.29) is 5.91 Å². The maximum Gasteiger partial charge on any atom is 0.235 e. The Morgan fingerprint density at radius 3 is 2.69 bits per heavy atom. The van der Waals surface area contributed by atoms with E-state index in [2.05, 4.69) is 16.1 Å². The number of rotatable bonds is 4. The topological polar surface area (TPSA) is 46.9 Å². The van der Waals surface area contributed by atoms with Gasteiger partial charge in [0.15, 0.2) is 5.16 Å². The first kappa shape index (κ1) is 18.8. The van der Waals surface area contributed by atoms with Crippen molar-refractivity contribution in [3.05, 3.63) is 65.3 Å². The monoisotopic (exact) mass is 423 g/mol. The summed E-state index contributed by atoms with van der Waals surface area (Å²) in [5.74, 6) is 1.16. The predicted molar refractivity (Wildman–Crippen MR) is 119 cm³/mol. The van der Waals surface area contributed by atoms with Crippen LogP contribution in [0.2, 0.25) is 5.02 Å². The molecule has 1 amide bonds. The smallest absolute Gasteiger partial charge is 0.235 e. The fourth-order valence-electron chi connectivity index (χ4n) is 4.45. The molecule has 0 atom stereocenters. The van der Waals surface area contributed by atoms with E-state index >= 15 is 0 Å². The van der Waals surface area contributed by atoms with Gasteiger partial charge in [-0.25, -0.2) is 4.98 Å². The van der Waals surface area contributed by atoms with Gasteiger partial charge in [-0.3, -0.25) is 4.79 Å². The lowest BCUT2D eigenvalue weighted by molar-refractivity contribution is -0.121. The van der Waals surface area contributed by atoms with Crippen LogP contribution in [0.1, 0.15) is 31.2 Å². The molecule has 2 heterocycles. The molecule has 1 aromatic heterocycles. The summed E-state index contributed by atoms with van der Waals surface area (Å²) in [5, 5.41) is 4.95. The standard InChI is InChI=1S/C23H22ClN3OS/c24-18-8-6-17(7-9-18)23(10-1-2-11-23)21(28)25-19-5-3-4-16(14-19)20-15-27-12-13-29-22(27)26-20/h3-9,14-15H,1-2,10-13H2,(H,25,28). The van der Waals surface area contributed by atoms with E-state index in [0.29, 0.717) is 5.02 Å². The zero-order valence-corrected chi connectivity index (χ0v) is 17.6. The van der Waals surface area contributed by atoms with Crippen molar-refractivity contribution < 1.29 is 4.79 Å². The van der Waals surface area contributed by atoms with Crippen LogP contribution < -0.4 is 5.32 Å². The number of benzene rings is 2. The second-order valence-corrected chi connectivity index (χ2v) is 9.28. The van der Waals surface area contributed by atoms with E-state index in [1.165, 1.54) is 0 Å². The average Bonchev–Trinajstić information content (AvgIpc) is 3.45. The summed E-state index contributed by atoms with van der Waals surface area (Å²) in [6.45, 7) is 1.01. The normalized spacial score (nSPS) is 17.3. The number of aromatic nitrogens is 2. The number of hydrogen-bond acceptors (Lipinski definition) is 3. The highest BCUT2D eigenvalue weighted by Crippen LogP contribution is 2.42. The highest BCUT2D eigenvalue weighted by Gasteiger charge is 2.42. The van der Waals surface area contributed by atoms with Crippen LogP contribution >= 0.6 is 23.4 Å². The van der Waals surface area contributed by atoms with E-state index in [0.717, 1.165) is 65.6 Å². The van der Waals surface area contributed by atoms with Crippen molar-refractivity contribution in [2.24, 2.45) is 0 Å². The summed E-state index contributed by atoms with van der Waals surface area (Å²) in [6, 6.07) is 15.7. The molecule has 0 spiro atoms. The van der Waals surface area contributed by atoms with E-state index in [4.69, 9.17) is 16.6 Å². The Hall–Kier alpha value is -2.24. The third-order valence-electron chi connectivity index (χ3n) is 6.01. The van der Waals surface area contributed by atoms with Gasteiger partial charge in [-0.1, -0.05) is 60.5 Å². The molecule has 6 heteroatoms. The molecule has 1 saturated carbocycles. The number of halogens is 1. The lowest BCUT2D eigenvalue weighted by atomic mass is 9.78. The number of amides is 1. The van der Waals surface area contributed by atoms with Crippen LogP contribution in [-0.4, -0.2) is 21.2 Å². The number of fused-ring (bicyclic) bond motifs is 1. The van der Waals surface area contributed by atoms with Gasteiger partial charge in [0.25, 0.3) is 0 Å². The Kier molecular flexibility index (Phi) is 4.88. The molecule has 29 heavy (non-hydrogen) atoms. The number of nitrogens with zero attached hydrogens (tertiary/aromatic N) is 2. The highest BCUT2D eigenvalue weighted by atomic mass is 35.5. The SMILES string of the molecule is O=C(Nc1cccc(-c2cn3c(n2)SCC3)c1)C1(c2ccc(Cl)cc2)CCCC1. The van der Waals surface area contributed by atoms with Crippen molar-refractivity contribution >= 4 is 35.0 Å². The second kappa shape index (κ2) is 7.54. The van der Waals surface area contributed by atoms with Crippen molar-refractivity contribution in [2.45, 2.75) is 42.8 Å². The Balaban J connectivity index is 1.41. The molecule has 2 aromatic carbocycles. The van der Waals surface area contributed by atoms with Gasteiger partial charge in [-0.2, -0.15) is 0 Å². The van der Waals surface area contributed by atoms with Gasteiger partial charge >= 0.3 is 0 Å². The van der Waals surface area contributed by atoms with Gasteiger partial charge in [0.05, 0.1) is 11.1 Å². The number of carbonyl (C=O) groups excluding carboxylic acids is 1. The third-order valence-corrected chi connectivity index (χ3v) is 7.23. The maximum absolute atomic E-state index is 13.4. The van der Waals surface area contributed by atoms with Crippen molar-refractivity contribution in [3.8, 4) is 11.3 Å². The third kappa shape index (κ3) is 3.47. The molecule has 1 aliphatic heterocycles. The quantitative estimate of drug-likeness (QED) is 0.580. The Morgan fingerprint density at radius 1 is 1.14 bits per heavy atom. The van der Waals surface area contributed by atoms with Gasteiger partial charge < -0.3 is 9.88 Å². The molecule has 4 nitrogen and oxygen atoms in total. The van der Waals surface area contributed by atoms with E-state index in [9.17, 15) is 4.79 Å². The van der Waals surface area contributed by atoms with Crippen LogP contribution in [0, 0.1) is 0 Å². The number of thioether (sulfide) groups is 1. The summed E-state index contributed by atoms with van der Waals surface area (Å²) in [4.78, 5) is 18.1. The highest BCUT2D eigenvalue weighted by molar-refractivity contribution is 7.99. The van der Waals surface area contributed by atoms with Gasteiger partial charge in [0.2, 0.25) is 5.91 Å². The lowest BCUT2D eigenvalue weighted by Crippen LogP contribution is -2.37. The van der Waals surface area contributed by atoms with Gasteiger partial charge in [-0.15, -0.1) is 0 Å². The molecule has 1 N–H and O–H groups in total. The first-order chi connectivity index (χ1) is 14.1. The van der Waals surface area contributed by atoms with Crippen LogP contribution in [0.15, 0.2) is 59.9 Å². The van der Waals surface area contributed by atoms with E-state index in [1.807, 2.05) is 48.5 Å². The number of hydrogen-bond donors (Lipinski definition) is 1. The van der Waals surface area contributed by atoms with Gasteiger partial charge in [0, 0.05) is 34.8 Å². The van der Waals surface area contributed by atoms with E-state index in [1.54, 1.807) is 11.8 Å². The fourth-order valence-corrected chi connectivity index (χ4v) is 5.52. The summed E-state index contributed by atoms with van der Waals surface area (Å²) < 4.78 is 2.19. The molecule has 1 aliphatic carbocycles. The van der Waals surface area contributed by atoms with Crippen LogP contribution in [0.5, 0.6) is 0 Å². The molecule has 3 aromatic rings. The number of aryl methyl sites for hydroxylation is 1. The molecule has 5 rings (SSSR count). The minimum absolute atomic E-state index is 0.0670. The molecule has 1 fully saturated rings. The largest absolute Gasteiger partial charge is 0.325 e. The Bertz CT molecular complexity index is 1030. The Morgan fingerprint density at radius 2 is 1.93 bits per heavy atom. The zero-order chi connectivity index (χ0) is 19.8. The zero-order valence-electron chi connectivity index (χ0n) is 16.0. The fraction of sp³-hybridized carbons (Fsp3) is 0.304. The number of nitrogens with one attached hydrogen (secondary N) is 1. The molecule has 0 bridgehead atoms.